The minimum Gasteiger partial charge on any atom is -0.383 e. The molecule has 0 aliphatic carbocycles. The van der Waals surface area contributed by atoms with Crippen LogP contribution >= 0.6 is 0 Å². The Morgan fingerprint density at radius 2 is 1.90 bits per heavy atom. The molecule has 0 radical (unpaired) electrons. The summed E-state index contributed by atoms with van der Waals surface area (Å²) in [5.41, 5.74) is 6.56. The lowest BCUT2D eigenvalue weighted by Gasteiger charge is -2.23. The van der Waals surface area contributed by atoms with E-state index in [0.29, 0.717) is 18.0 Å². The summed E-state index contributed by atoms with van der Waals surface area (Å²) in [6.45, 7) is 2.82. The van der Waals surface area contributed by atoms with Crippen LogP contribution in [0.4, 0.5) is 0 Å². The van der Waals surface area contributed by atoms with Gasteiger partial charge in [0.05, 0.1) is 11.5 Å². The second kappa shape index (κ2) is 7.73. The number of rotatable bonds is 8. The first-order valence-electron chi connectivity index (χ1n) is 6.69. The summed E-state index contributed by atoms with van der Waals surface area (Å²) in [5.74, 6) is 0. The van der Waals surface area contributed by atoms with Crippen molar-refractivity contribution in [3.05, 3.63) is 29.8 Å². The topological polar surface area (TPSA) is 72.6 Å². The molecule has 2 N–H and O–H groups in total. The maximum Gasteiger partial charge on any atom is 0.243 e. The van der Waals surface area contributed by atoms with Crippen LogP contribution in [0, 0.1) is 0 Å². The third-order valence-electron chi connectivity index (χ3n) is 3.30. The molecule has 5 nitrogen and oxygen atoms in total. The van der Waals surface area contributed by atoms with Crippen molar-refractivity contribution in [2.75, 3.05) is 27.3 Å². The van der Waals surface area contributed by atoms with E-state index in [9.17, 15) is 8.42 Å². The summed E-state index contributed by atoms with van der Waals surface area (Å²) in [5, 5.41) is 0. The van der Waals surface area contributed by atoms with Gasteiger partial charge in [-0.2, -0.15) is 4.31 Å². The average Bonchev–Trinajstić information content (AvgIpc) is 2.45. The summed E-state index contributed by atoms with van der Waals surface area (Å²) in [4.78, 5) is 0.305. The summed E-state index contributed by atoms with van der Waals surface area (Å²) in [7, 11) is -0.340. The Morgan fingerprint density at radius 1 is 1.30 bits per heavy atom. The zero-order chi connectivity index (χ0) is 15.2. The van der Waals surface area contributed by atoms with Gasteiger partial charge in [0.15, 0.2) is 0 Å². The first-order valence-corrected chi connectivity index (χ1v) is 8.13. The van der Waals surface area contributed by atoms with E-state index in [1.54, 1.807) is 26.3 Å². The molecule has 20 heavy (non-hydrogen) atoms. The van der Waals surface area contributed by atoms with E-state index >= 15 is 0 Å². The monoisotopic (exact) mass is 300 g/mol. The highest BCUT2D eigenvalue weighted by molar-refractivity contribution is 7.89. The van der Waals surface area contributed by atoms with Crippen molar-refractivity contribution in [1.82, 2.24) is 4.31 Å². The predicted molar refractivity (Wildman–Crippen MR) is 80.1 cm³/mol. The fourth-order valence-electron chi connectivity index (χ4n) is 1.88. The van der Waals surface area contributed by atoms with Gasteiger partial charge >= 0.3 is 0 Å². The molecule has 0 aromatic heterocycles. The highest BCUT2D eigenvalue weighted by Crippen LogP contribution is 2.18. The maximum absolute atomic E-state index is 12.4. The van der Waals surface area contributed by atoms with Gasteiger partial charge in [0, 0.05) is 20.2 Å². The Kier molecular flexibility index (Phi) is 6.61. The third-order valence-corrected chi connectivity index (χ3v) is 5.28. The Balaban J connectivity index is 2.87. The summed E-state index contributed by atoms with van der Waals surface area (Å²) < 4.78 is 31.2. The molecule has 0 saturated heterocycles. The van der Waals surface area contributed by atoms with Crippen LogP contribution in [0.1, 0.15) is 18.9 Å². The molecule has 0 fully saturated rings. The van der Waals surface area contributed by atoms with Gasteiger partial charge < -0.3 is 10.5 Å². The van der Waals surface area contributed by atoms with Crippen LogP contribution in [0.3, 0.4) is 0 Å². The standard InChI is InChI=1S/C14H24N2O3S/c1-12(11-19-3)16(2)20(17,18)14-8-6-13(7-9-14)5-4-10-15/h6-9,12H,4-5,10-11,15H2,1-3H3. The van der Waals surface area contributed by atoms with Gasteiger partial charge in [-0.05, 0) is 44.0 Å². The number of nitrogens with zero attached hydrogens (tertiary/aromatic N) is 1. The summed E-state index contributed by atoms with van der Waals surface area (Å²) in [6.07, 6.45) is 1.77. The number of benzene rings is 1. The van der Waals surface area contributed by atoms with Crippen LogP contribution in [-0.2, 0) is 21.2 Å². The van der Waals surface area contributed by atoms with Crippen LogP contribution in [0.5, 0.6) is 0 Å². The molecule has 1 atom stereocenters. The van der Waals surface area contributed by atoms with Crippen molar-refractivity contribution in [2.45, 2.75) is 30.7 Å². The summed E-state index contributed by atoms with van der Waals surface area (Å²) >= 11 is 0. The van der Waals surface area contributed by atoms with E-state index in [1.807, 2.05) is 19.1 Å². The molecular weight excluding hydrogens is 276 g/mol. The number of aryl methyl sites for hydroxylation is 1. The van der Waals surface area contributed by atoms with Crippen molar-refractivity contribution < 1.29 is 13.2 Å². The van der Waals surface area contributed by atoms with E-state index in [4.69, 9.17) is 10.5 Å². The van der Waals surface area contributed by atoms with Gasteiger partial charge in [-0.25, -0.2) is 8.42 Å². The molecule has 0 bridgehead atoms. The number of hydrogen-bond donors (Lipinski definition) is 1. The Morgan fingerprint density at radius 3 is 2.40 bits per heavy atom. The highest BCUT2D eigenvalue weighted by Gasteiger charge is 2.25. The zero-order valence-electron chi connectivity index (χ0n) is 12.4. The van der Waals surface area contributed by atoms with Crippen LogP contribution < -0.4 is 5.73 Å². The van der Waals surface area contributed by atoms with E-state index < -0.39 is 10.0 Å². The Hall–Kier alpha value is -0.950. The van der Waals surface area contributed by atoms with Crippen LogP contribution in [-0.4, -0.2) is 46.1 Å². The first-order chi connectivity index (χ1) is 9.43. The molecule has 0 amide bonds. The van der Waals surface area contributed by atoms with Crippen molar-refractivity contribution in [3.63, 3.8) is 0 Å². The smallest absolute Gasteiger partial charge is 0.243 e. The highest BCUT2D eigenvalue weighted by atomic mass is 32.2. The second-order valence-electron chi connectivity index (χ2n) is 4.86. The SMILES string of the molecule is COCC(C)N(C)S(=O)(=O)c1ccc(CCCN)cc1. The molecule has 1 rings (SSSR count). The van der Waals surface area contributed by atoms with E-state index in [0.717, 1.165) is 18.4 Å². The molecule has 1 aromatic rings. The van der Waals surface area contributed by atoms with Gasteiger partial charge in [0.1, 0.15) is 0 Å². The lowest BCUT2D eigenvalue weighted by atomic mass is 10.1. The largest absolute Gasteiger partial charge is 0.383 e. The van der Waals surface area contributed by atoms with Gasteiger partial charge in [0.25, 0.3) is 0 Å². The van der Waals surface area contributed by atoms with Crippen LogP contribution in [0.15, 0.2) is 29.2 Å². The maximum atomic E-state index is 12.4. The minimum absolute atomic E-state index is 0.207. The van der Waals surface area contributed by atoms with E-state index in [1.165, 1.54) is 4.31 Å². The number of hydrogen-bond acceptors (Lipinski definition) is 4. The average molecular weight is 300 g/mol. The lowest BCUT2D eigenvalue weighted by Crippen LogP contribution is -2.37. The van der Waals surface area contributed by atoms with Gasteiger partial charge in [0.2, 0.25) is 10.0 Å². The fourth-order valence-corrected chi connectivity index (χ4v) is 3.23. The molecule has 1 aromatic carbocycles. The molecule has 1 unspecified atom stereocenters. The number of ether oxygens (including phenoxy) is 1. The fraction of sp³-hybridized carbons (Fsp3) is 0.571. The molecular formula is C14H24N2O3S. The van der Waals surface area contributed by atoms with Crippen molar-refractivity contribution in [1.29, 1.82) is 0 Å². The number of nitrogens with two attached hydrogens (primary N) is 1. The molecule has 0 aliphatic heterocycles. The third kappa shape index (κ3) is 4.28. The molecule has 0 spiro atoms. The second-order valence-corrected chi connectivity index (χ2v) is 6.86. The van der Waals surface area contributed by atoms with Crippen molar-refractivity contribution >= 4 is 10.0 Å². The quantitative estimate of drug-likeness (QED) is 0.784. The summed E-state index contributed by atoms with van der Waals surface area (Å²) in [6, 6.07) is 6.78. The number of likely N-dealkylation sites (N-methyl/N-ethyl adjacent to an activating group) is 1. The van der Waals surface area contributed by atoms with Crippen molar-refractivity contribution in [3.8, 4) is 0 Å². The molecule has 6 heteroatoms. The normalized spacial score (nSPS) is 13.7. The van der Waals surface area contributed by atoms with Crippen molar-refractivity contribution in [2.24, 2.45) is 5.73 Å². The molecule has 0 saturated carbocycles. The zero-order valence-corrected chi connectivity index (χ0v) is 13.2. The number of methoxy groups -OCH3 is 1. The van der Waals surface area contributed by atoms with E-state index in [-0.39, 0.29) is 6.04 Å². The molecule has 0 aliphatic rings. The number of sulfonamides is 1. The Bertz CT molecular complexity index is 500. The predicted octanol–water partition coefficient (Wildman–Crippen LogP) is 1.23. The first kappa shape index (κ1) is 17.1. The van der Waals surface area contributed by atoms with Gasteiger partial charge in [-0.1, -0.05) is 12.1 Å². The lowest BCUT2D eigenvalue weighted by molar-refractivity contribution is 0.149. The van der Waals surface area contributed by atoms with Gasteiger partial charge in [-0.3, -0.25) is 0 Å². The Labute approximate surface area is 121 Å². The molecule has 0 heterocycles. The van der Waals surface area contributed by atoms with E-state index in [2.05, 4.69) is 0 Å². The minimum atomic E-state index is -3.47. The van der Waals surface area contributed by atoms with Gasteiger partial charge in [-0.15, -0.1) is 0 Å². The molecule has 114 valence electrons. The van der Waals surface area contributed by atoms with Crippen LogP contribution in [0.25, 0.3) is 0 Å². The van der Waals surface area contributed by atoms with Crippen LogP contribution in [0.2, 0.25) is 0 Å².